The molecule has 1 heterocycles. The molecule has 0 amide bonds. The number of hydrogen-bond donors (Lipinski definition) is 1. The fourth-order valence-corrected chi connectivity index (χ4v) is 2.97. The maximum absolute atomic E-state index is 11.0. The molecule has 0 aliphatic carbocycles. The lowest BCUT2D eigenvalue weighted by Crippen LogP contribution is -2.37. The first-order valence-electron chi connectivity index (χ1n) is 6.53. The number of rotatable bonds is 9. The van der Waals surface area contributed by atoms with Gasteiger partial charge < -0.3 is 5.32 Å². The normalized spacial score (nSPS) is 12.5. The summed E-state index contributed by atoms with van der Waals surface area (Å²) in [6, 6.07) is 4.71. The summed E-state index contributed by atoms with van der Waals surface area (Å²) in [5.41, 5.74) is 0. The van der Waals surface area contributed by atoms with Crippen molar-refractivity contribution in [3.8, 4) is 0 Å². The summed E-state index contributed by atoms with van der Waals surface area (Å²) >= 11 is 1.77. The second-order valence-corrected chi connectivity index (χ2v) is 8.32. The molecule has 0 saturated heterocycles. The second kappa shape index (κ2) is 7.99. The Morgan fingerprint density at radius 2 is 2.11 bits per heavy atom. The van der Waals surface area contributed by atoms with Crippen molar-refractivity contribution in [3.63, 3.8) is 0 Å². The number of sulfone groups is 1. The molecule has 6 heteroatoms. The predicted octanol–water partition coefficient (Wildman–Crippen LogP) is 1.59. The van der Waals surface area contributed by atoms with Gasteiger partial charge in [-0.25, -0.2) is 8.42 Å². The Bertz CT molecular complexity index is 441. The van der Waals surface area contributed by atoms with Crippen LogP contribution in [0.25, 0.3) is 0 Å². The second-order valence-electron chi connectivity index (χ2n) is 5.02. The van der Waals surface area contributed by atoms with E-state index in [4.69, 9.17) is 0 Å². The van der Waals surface area contributed by atoms with E-state index < -0.39 is 9.84 Å². The maximum atomic E-state index is 11.0. The van der Waals surface area contributed by atoms with Crippen LogP contribution in [0.5, 0.6) is 0 Å². The third kappa shape index (κ3) is 7.67. The lowest BCUT2D eigenvalue weighted by atomic mass is 10.3. The molecule has 1 aromatic heterocycles. The van der Waals surface area contributed by atoms with Crippen LogP contribution in [-0.4, -0.2) is 51.0 Å². The number of hydrogen-bond acceptors (Lipinski definition) is 5. The largest absolute Gasteiger partial charge is 0.314 e. The van der Waals surface area contributed by atoms with E-state index in [1.54, 1.807) is 11.3 Å². The molecular weight excluding hydrogens is 280 g/mol. The summed E-state index contributed by atoms with van der Waals surface area (Å²) in [5.74, 6) is 0.208. The van der Waals surface area contributed by atoms with Crippen LogP contribution in [0, 0.1) is 0 Å². The Hall–Kier alpha value is -0.430. The van der Waals surface area contributed by atoms with Crippen molar-refractivity contribution in [3.05, 3.63) is 22.4 Å². The predicted molar refractivity (Wildman–Crippen MR) is 82.4 cm³/mol. The van der Waals surface area contributed by atoms with E-state index in [1.807, 2.05) is 0 Å². The molecule has 0 aliphatic heterocycles. The molecule has 0 fully saturated rings. The highest BCUT2D eigenvalue weighted by molar-refractivity contribution is 7.90. The number of nitrogens with zero attached hydrogens (tertiary/aromatic N) is 1. The summed E-state index contributed by atoms with van der Waals surface area (Å²) in [5, 5.41) is 5.28. The Morgan fingerprint density at radius 1 is 1.37 bits per heavy atom. The Kier molecular flexibility index (Phi) is 6.99. The van der Waals surface area contributed by atoms with E-state index >= 15 is 0 Å². The zero-order chi connectivity index (χ0) is 14.3. The molecule has 1 N–H and O–H groups in total. The van der Waals surface area contributed by atoms with Crippen molar-refractivity contribution in [2.75, 3.05) is 31.6 Å². The van der Waals surface area contributed by atoms with Gasteiger partial charge in [-0.15, -0.1) is 11.3 Å². The van der Waals surface area contributed by atoms with Crippen molar-refractivity contribution in [2.45, 2.75) is 26.4 Å². The van der Waals surface area contributed by atoms with Crippen LogP contribution in [0.3, 0.4) is 0 Å². The van der Waals surface area contributed by atoms with E-state index in [1.165, 1.54) is 11.1 Å². The van der Waals surface area contributed by atoms with E-state index in [0.29, 0.717) is 12.6 Å². The van der Waals surface area contributed by atoms with Gasteiger partial charge >= 0.3 is 0 Å². The van der Waals surface area contributed by atoms with Gasteiger partial charge in [0.05, 0.1) is 5.75 Å². The lowest BCUT2D eigenvalue weighted by Gasteiger charge is -2.26. The summed E-state index contributed by atoms with van der Waals surface area (Å²) in [6.07, 6.45) is 1.27. The Morgan fingerprint density at radius 3 is 2.63 bits per heavy atom. The third-order valence-electron chi connectivity index (χ3n) is 2.89. The third-order valence-corrected chi connectivity index (χ3v) is 4.70. The van der Waals surface area contributed by atoms with Gasteiger partial charge in [-0.1, -0.05) is 6.07 Å². The summed E-state index contributed by atoms with van der Waals surface area (Å²) in [6.45, 7) is 7.61. The molecular formula is C13H24N2O2S2. The monoisotopic (exact) mass is 304 g/mol. The van der Waals surface area contributed by atoms with Crippen LogP contribution < -0.4 is 5.32 Å². The average molecular weight is 304 g/mol. The zero-order valence-electron chi connectivity index (χ0n) is 11.9. The minimum Gasteiger partial charge on any atom is -0.314 e. The molecule has 19 heavy (non-hydrogen) atoms. The van der Waals surface area contributed by atoms with Crippen LogP contribution in [0.2, 0.25) is 0 Å². The van der Waals surface area contributed by atoms with Gasteiger partial charge in [0, 0.05) is 43.4 Å². The highest BCUT2D eigenvalue weighted by Gasteiger charge is 2.10. The summed E-state index contributed by atoms with van der Waals surface area (Å²) < 4.78 is 22.0. The van der Waals surface area contributed by atoms with Gasteiger partial charge in [0.1, 0.15) is 9.84 Å². The van der Waals surface area contributed by atoms with Gasteiger partial charge in [-0.05, 0) is 25.3 Å². The minimum absolute atomic E-state index is 0.208. The number of thiophene rings is 1. The van der Waals surface area contributed by atoms with E-state index in [9.17, 15) is 8.42 Å². The van der Waals surface area contributed by atoms with Crippen LogP contribution >= 0.6 is 11.3 Å². The SMILES string of the molecule is CC(C)N(CCNCCS(C)(=O)=O)Cc1cccs1. The van der Waals surface area contributed by atoms with E-state index in [-0.39, 0.29) is 5.75 Å². The number of nitrogens with one attached hydrogen (secondary N) is 1. The van der Waals surface area contributed by atoms with Gasteiger partial charge in [0.25, 0.3) is 0 Å². The van der Waals surface area contributed by atoms with Crippen LogP contribution in [0.1, 0.15) is 18.7 Å². The molecule has 0 saturated carbocycles. The highest BCUT2D eigenvalue weighted by Crippen LogP contribution is 2.13. The van der Waals surface area contributed by atoms with Crippen molar-refractivity contribution in [1.82, 2.24) is 10.2 Å². The molecule has 0 spiro atoms. The first-order valence-corrected chi connectivity index (χ1v) is 9.47. The smallest absolute Gasteiger partial charge is 0.148 e. The van der Waals surface area contributed by atoms with E-state index in [0.717, 1.165) is 19.6 Å². The van der Waals surface area contributed by atoms with Crippen molar-refractivity contribution >= 4 is 21.2 Å². The van der Waals surface area contributed by atoms with Gasteiger partial charge in [-0.2, -0.15) is 0 Å². The average Bonchev–Trinajstić information content (AvgIpc) is 2.78. The van der Waals surface area contributed by atoms with Gasteiger partial charge in [0.15, 0.2) is 0 Å². The Labute approximate surface area is 120 Å². The van der Waals surface area contributed by atoms with Crippen LogP contribution in [-0.2, 0) is 16.4 Å². The van der Waals surface area contributed by atoms with Crippen molar-refractivity contribution in [2.24, 2.45) is 0 Å². The highest BCUT2D eigenvalue weighted by atomic mass is 32.2. The standard InChI is InChI=1S/C13H24N2O2S2/c1-12(2)15(11-13-5-4-9-18-13)8-6-14-7-10-19(3,16)17/h4-5,9,12,14H,6-8,10-11H2,1-3H3. The molecule has 4 nitrogen and oxygen atoms in total. The maximum Gasteiger partial charge on any atom is 0.148 e. The van der Waals surface area contributed by atoms with Gasteiger partial charge in [-0.3, -0.25) is 4.90 Å². The first kappa shape index (κ1) is 16.6. The molecule has 0 bridgehead atoms. The lowest BCUT2D eigenvalue weighted by molar-refractivity contribution is 0.215. The fraction of sp³-hybridized carbons (Fsp3) is 0.692. The molecule has 0 atom stereocenters. The molecule has 1 aromatic rings. The topological polar surface area (TPSA) is 49.4 Å². The molecule has 0 radical (unpaired) electrons. The quantitative estimate of drug-likeness (QED) is 0.704. The molecule has 0 unspecified atom stereocenters. The van der Waals surface area contributed by atoms with E-state index in [2.05, 4.69) is 41.6 Å². The summed E-state index contributed by atoms with van der Waals surface area (Å²) in [7, 11) is -2.86. The minimum atomic E-state index is -2.86. The molecule has 110 valence electrons. The molecule has 0 aliphatic rings. The summed E-state index contributed by atoms with van der Waals surface area (Å²) in [4.78, 5) is 3.75. The Balaban J connectivity index is 2.27. The van der Waals surface area contributed by atoms with Crippen molar-refractivity contribution < 1.29 is 8.42 Å². The zero-order valence-corrected chi connectivity index (χ0v) is 13.6. The first-order chi connectivity index (χ1) is 8.88. The molecule has 0 aromatic carbocycles. The van der Waals surface area contributed by atoms with Crippen LogP contribution in [0.4, 0.5) is 0 Å². The van der Waals surface area contributed by atoms with Crippen molar-refractivity contribution in [1.29, 1.82) is 0 Å². The fourth-order valence-electron chi connectivity index (χ4n) is 1.73. The van der Waals surface area contributed by atoms with Gasteiger partial charge in [0.2, 0.25) is 0 Å². The molecule has 1 rings (SSSR count). The van der Waals surface area contributed by atoms with Crippen LogP contribution in [0.15, 0.2) is 17.5 Å².